The minimum Gasteiger partial charge on any atom is -0.367 e. The van der Waals surface area contributed by atoms with E-state index in [1.54, 1.807) is 6.07 Å². The minimum atomic E-state index is -0.214. The summed E-state index contributed by atoms with van der Waals surface area (Å²) in [5, 5.41) is 0. The zero-order valence-electron chi connectivity index (χ0n) is 12.4. The molecule has 0 unspecified atom stereocenters. The number of benzene rings is 2. The summed E-state index contributed by atoms with van der Waals surface area (Å²) in [5.74, 6) is -0.214. The molecule has 3 heteroatoms. The Morgan fingerprint density at radius 2 is 2.00 bits per heavy atom. The molecule has 2 aromatic carbocycles. The molecule has 0 radical (unpaired) electrons. The molecule has 21 heavy (non-hydrogen) atoms. The monoisotopic (exact) mass is 284 g/mol. The molecule has 110 valence electrons. The standard InChI is InChI=1S/C18H21FN2/c1-13-4-7-18-14(9-13)3-2-8-21(18)12-15-5-6-17(19)10-16(15)11-20/h4-7,9-10H,2-3,8,11-12,20H2,1H3. The molecule has 2 aromatic rings. The average molecular weight is 284 g/mol. The van der Waals surface area contributed by atoms with Gasteiger partial charge in [0.05, 0.1) is 0 Å². The Kier molecular flexibility index (Phi) is 3.93. The highest BCUT2D eigenvalue weighted by Gasteiger charge is 2.18. The van der Waals surface area contributed by atoms with Crippen LogP contribution in [0.3, 0.4) is 0 Å². The van der Waals surface area contributed by atoms with Gasteiger partial charge in [0.1, 0.15) is 5.82 Å². The van der Waals surface area contributed by atoms with Gasteiger partial charge in [0.25, 0.3) is 0 Å². The van der Waals surface area contributed by atoms with Crippen LogP contribution in [-0.4, -0.2) is 6.54 Å². The lowest BCUT2D eigenvalue weighted by Gasteiger charge is -2.32. The second-order valence-electron chi connectivity index (χ2n) is 5.77. The topological polar surface area (TPSA) is 29.3 Å². The highest BCUT2D eigenvalue weighted by atomic mass is 19.1. The highest BCUT2D eigenvalue weighted by Crippen LogP contribution is 2.29. The first-order valence-electron chi connectivity index (χ1n) is 7.49. The summed E-state index contributed by atoms with van der Waals surface area (Å²) in [5.41, 5.74) is 11.8. The zero-order chi connectivity index (χ0) is 14.8. The summed E-state index contributed by atoms with van der Waals surface area (Å²) in [4.78, 5) is 2.38. The molecule has 1 aliphatic rings. The van der Waals surface area contributed by atoms with Crippen LogP contribution in [0.15, 0.2) is 36.4 Å². The third-order valence-electron chi connectivity index (χ3n) is 4.20. The van der Waals surface area contributed by atoms with E-state index in [-0.39, 0.29) is 5.82 Å². The summed E-state index contributed by atoms with van der Waals surface area (Å²) in [7, 11) is 0. The molecule has 0 fully saturated rings. The van der Waals surface area contributed by atoms with Crippen molar-refractivity contribution in [2.24, 2.45) is 5.73 Å². The number of hydrogen-bond acceptors (Lipinski definition) is 2. The van der Waals surface area contributed by atoms with Crippen molar-refractivity contribution in [3.8, 4) is 0 Å². The number of anilines is 1. The van der Waals surface area contributed by atoms with Gasteiger partial charge in [-0.15, -0.1) is 0 Å². The summed E-state index contributed by atoms with van der Waals surface area (Å²) < 4.78 is 13.3. The normalized spacial score (nSPS) is 14.1. The van der Waals surface area contributed by atoms with Gasteiger partial charge in [-0.2, -0.15) is 0 Å². The number of nitrogens with zero attached hydrogens (tertiary/aromatic N) is 1. The molecular formula is C18H21FN2. The number of hydrogen-bond donors (Lipinski definition) is 1. The maximum atomic E-state index is 13.3. The lowest BCUT2D eigenvalue weighted by atomic mass is 9.98. The van der Waals surface area contributed by atoms with Crippen molar-refractivity contribution < 1.29 is 4.39 Å². The van der Waals surface area contributed by atoms with Crippen molar-refractivity contribution in [3.05, 3.63) is 64.5 Å². The average Bonchev–Trinajstić information content (AvgIpc) is 2.49. The van der Waals surface area contributed by atoms with Gasteiger partial charge in [-0.3, -0.25) is 0 Å². The Bertz CT molecular complexity index is 652. The maximum absolute atomic E-state index is 13.3. The van der Waals surface area contributed by atoms with E-state index in [0.29, 0.717) is 6.54 Å². The molecular weight excluding hydrogens is 263 g/mol. The maximum Gasteiger partial charge on any atom is 0.123 e. The minimum absolute atomic E-state index is 0.214. The first-order valence-corrected chi connectivity index (χ1v) is 7.49. The Morgan fingerprint density at radius 3 is 2.81 bits per heavy atom. The lowest BCUT2D eigenvalue weighted by Crippen LogP contribution is -2.29. The van der Waals surface area contributed by atoms with Gasteiger partial charge in [0.2, 0.25) is 0 Å². The van der Waals surface area contributed by atoms with Crippen molar-refractivity contribution in [1.82, 2.24) is 0 Å². The van der Waals surface area contributed by atoms with Crippen molar-refractivity contribution >= 4 is 5.69 Å². The third kappa shape index (κ3) is 2.93. The van der Waals surface area contributed by atoms with Crippen molar-refractivity contribution in [2.75, 3.05) is 11.4 Å². The van der Waals surface area contributed by atoms with Gasteiger partial charge < -0.3 is 10.6 Å². The second kappa shape index (κ2) is 5.86. The summed E-state index contributed by atoms with van der Waals surface area (Å²) >= 11 is 0. The fourth-order valence-corrected chi connectivity index (χ4v) is 3.11. The molecule has 0 spiro atoms. The molecule has 0 saturated heterocycles. The lowest BCUT2D eigenvalue weighted by molar-refractivity contribution is 0.622. The van der Waals surface area contributed by atoms with Crippen molar-refractivity contribution in [1.29, 1.82) is 0 Å². The first kappa shape index (κ1) is 14.1. The zero-order valence-corrected chi connectivity index (χ0v) is 12.4. The van der Waals surface area contributed by atoms with Crippen LogP contribution in [0.1, 0.15) is 28.7 Å². The van der Waals surface area contributed by atoms with E-state index in [2.05, 4.69) is 30.0 Å². The van der Waals surface area contributed by atoms with Crippen LogP contribution in [0.25, 0.3) is 0 Å². The van der Waals surface area contributed by atoms with E-state index in [4.69, 9.17) is 5.73 Å². The third-order valence-corrected chi connectivity index (χ3v) is 4.20. The molecule has 0 atom stereocenters. The van der Waals surface area contributed by atoms with Gasteiger partial charge in [-0.05, 0) is 54.7 Å². The van der Waals surface area contributed by atoms with Gasteiger partial charge in [-0.25, -0.2) is 4.39 Å². The van der Waals surface area contributed by atoms with Crippen LogP contribution >= 0.6 is 0 Å². The number of nitrogens with two attached hydrogens (primary N) is 1. The van der Waals surface area contributed by atoms with Gasteiger partial charge >= 0.3 is 0 Å². The van der Waals surface area contributed by atoms with E-state index in [0.717, 1.165) is 37.1 Å². The van der Waals surface area contributed by atoms with Crippen LogP contribution in [0.4, 0.5) is 10.1 Å². The fourth-order valence-electron chi connectivity index (χ4n) is 3.11. The smallest absolute Gasteiger partial charge is 0.123 e. The number of halogens is 1. The molecule has 3 rings (SSSR count). The van der Waals surface area contributed by atoms with Crippen LogP contribution in [0, 0.1) is 12.7 Å². The fraction of sp³-hybridized carbons (Fsp3) is 0.333. The Hall–Kier alpha value is -1.87. The molecule has 0 aliphatic carbocycles. The van der Waals surface area contributed by atoms with E-state index in [1.807, 2.05) is 6.07 Å². The van der Waals surface area contributed by atoms with Crippen LogP contribution in [0.5, 0.6) is 0 Å². The SMILES string of the molecule is Cc1ccc2c(c1)CCCN2Cc1ccc(F)cc1CN. The quantitative estimate of drug-likeness (QED) is 0.934. The van der Waals surface area contributed by atoms with Crippen molar-refractivity contribution in [3.63, 3.8) is 0 Å². The summed E-state index contributed by atoms with van der Waals surface area (Å²) in [6.07, 6.45) is 2.30. The number of fused-ring (bicyclic) bond motifs is 1. The van der Waals surface area contributed by atoms with Crippen molar-refractivity contribution in [2.45, 2.75) is 32.9 Å². The largest absolute Gasteiger partial charge is 0.367 e. The van der Waals surface area contributed by atoms with E-state index < -0.39 is 0 Å². The Morgan fingerprint density at radius 1 is 1.14 bits per heavy atom. The molecule has 1 heterocycles. The Labute approximate surface area is 125 Å². The van der Waals surface area contributed by atoms with Gasteiger partial charge in [-0.1, -0.05) is 23.8 Å². The number of aryl methyl sites for hydroxylation is 2. The molecule has 0 amide bonds. The predicted octanol–water partition coefficient (Wildman–Crippen LogP) is 3.55. The van der Waals surface area contributed by atoms with Gasteiger partial charge in [0.15, 0.2) is 0 Å². The summed E-state index contributed by atoms with van der Waals surface area (Å²) in [6, 6.07) is 11.6. The second-order valence-corrected chi connectivity index (χ2v) is 5.77. The highest BCUT2D eigenvalue weighted by molar-refractivity contribution is 5.57. The van der Waals surface area contributed by atoms with Crippen LogP contribution in [0.2, 0.25) is 0 Å². The molecule has 1 aliphatic heterocycles. The molecule has 2 N–H and O–H groups in total. The Balaban J connectivity index is 1.90. The van der Waals surface area contributed by atoms with Crippen LogP contribution < -0.4 is 10.6 Å². The van der Waals surface area contributed by atoms with Gasteiger partial charge in [0, 0.05) is 25.3 Å². The predicted molar refractivity (Wildman–Crippen MR) is 84.8 cm³/mol. The molecule has 2 nitrogen and oxygen atoms in total. The summed E-state index contributed by atoms with van der Waals surface area (Å²) in [6.45, 7) is 4.34. The molecule has 0 saturated carbocycles. The number of rotatable bonds is 3. The van der Waals surface area contributed by atoms with E-state index >= 15 is 0 Å². The van der Waals surface area contributed by atoms with Crippen LogP contribution in [-0.2, 0) is 19.5 Å². The molecule has 0 bridgehead atoms. The molecule has 0 aromatic heterocycles. The van der Waals surface area contributed by atoms with E-state index in [1.165, 1.54) is 22.9 Å². The van der Waals surface area contributed by atoms with E-state index in [9.17, 15) is 4.39 Å². The first-order chi connectivity index (χ1) is 10.2.